The lowest BCUT2D eigenvalue weighted by Crippen LogP contribution is -2.41. The van der Waals surface area contributed by atoms with Gasteiger partial charge in [-0.05, 0) is 58.4 Å². The summed E-state index contributed by atoms with van der Waals surface area (Å²) in [5, 5.41) is 9.21. The maximum atomic E-state index is 12.5. The third kappa shape index (κ3) is 7.51. The van der Waals surface area contributed by atoms with Crippen molar-refractivity contribution in [2.24, 2.45) is 0 Å². The minimum Gasteiger partial charge on any atom is -0.444 e. The third-order valence-electron chi connectivity index (χ3n) is 6.05. The van der Waals surface area contributed by atoms with Crippen LogP contribution in [-0.2, 0) is 22.6 Å². The molecule has 0 aliphatic carbocycles. The molecule has 190 valence electrons. The van der Waals surface area contributed by atoms with Crippen molar-refractivity contribution in [3.63, 3.8) is 0 Å². The number of rotatable bonds is 9. The average molecular weight is 491 g/mol. The van der Waals surface area contributed by atoms with E-state index in [0.717, 1.165) is 42.4 Å². The van der Waals surface area contributed by atoms with Crippen LogP contribution in [-0.4, -0.2) is 70.6 Å². The number of nitrogens with zero attached hydrogens (tertiary/aromatic N) is 4. The summed E-state index contributed by atoms with van der Waals surface area (Å²) in [5.41, 5.74) is 3.33. The average Bonchev–Trinajstić information content (AvgIpc) is 3.11. The maximum Gasteiger partial charge on any atom is 0.410 e. The molecule has 1 amide bonds. The molecule has 0 spiro atoms. The van der Waals surface area contributed by atoms with E-state index in [-0.39, 0.29) is 12.7 Å². The molecule has 8 nitrogen and oxygen atoms in total. The number of likely N-dealkylation sites (tertiary alicyclic amines) is 1. The Balaban J connectivity index is 1.76. The zero-order valence-electron chi connectivity index (χ0n) is 21.8. The molecular weight excluding hydrogens is 448 g/mol. The predicted octanol–water partition coefficient (Wildman–Crippen LogP) is 4.78. The van der Waals surface area contributed by atoms with Gasteiger partial charge in [0.1, 0.15) is 17.8 Å². The number of amides is 1. The third-order valence-corrected chi connectivity index (χ3v) is 7.75. The van der Waals surface area contributed by atoms with Crippen LogP contribution in [0.1, 0.15) is 57.2 Å². The van der Waals surface area contributed by atoms with Gasteiger partial charge in [-0.3, -0.25) is 0 Å². The summed E-state index contributed by atoms with van der Waals surface area (Å²) in [5.74, 6) is 0.298. The summed E-state index contributed by atoms with van der Waals surface area (Å²) in [6, 6.07) is 1.12. The normalized spacial score (nSPS) is 15.8. The molecule has 1 N–H and O–H groups in total. The standard InChI is InChI=1S/C25H42N4O4Si/c1-25(2,3)33-24(31)28-11-9-19(10-12-28)21-17-29(18-32-14-15-34(4,5)6)23-22(21)27-20(16-26-23)8-7-13-30/h16-17,19,30H,7-15,18H2,1-6H3. The van der Waals surface area contributed by atoms with Crippen LogP contribution in [0.2, 0.25) is 25.7 Å². The first-order valence-corrected chi connectivity index (χ1v) is 16.2. The van der Waals surface area contributed by atoms with Gasteiger partial charge in [-0.2, -0.15) is 0 Å². The molecule has 0 aromatic carbocycles. The van der Waals surface area contributed by atoms with Crippen LogP contribution in [0.3, 0.4) is 0 Å². The number of ether oxygens (including phenoxy) is 2. The molecular formula is C25H42N4O4Si. The Labute approximate surface area is 204 Å². The monoisotopic (exact) mass is 490 g/mol. The van der Waals surface area contributed by atoms with Gasteiger partial charge in [-0.25, -0.2) is 14.8 Å². The van der Waals surface area contributed by atoms with Gasteiger partial charge in [-0.1, -0.05) is 19.6 Å². The van der Waals surface area contributed by atoms with Crippen LogP contribution in [0.15, 0.2) is 12.4 Å². The predicted molar refractivity (Wildman–Crippen MR) is 137 cm³/mol. The molecule has 34 heavy (non-hydrogen) atoms. The number of piperidine rings is 1. The van der Waals surface area contributed by atoms with Crippen LogP contribution < -0.4 is 0 Å². The molecule has 1 saturated heterocycles. The molecule has 3 rings (SSSR count). The smallest absolute Gasteiger partial charge is 0.410 e. The summed E-state index contributed by atoms with van der Waals surface area (Å²) < 4.78 is 13.6. The molecule has 0 radical (unpaired) electrons. The second-order valence-electron chi connectivity index (χ2n) is 11.5. The fraction of sp³-hybridized carbons (Fsp3) is 0.720. The van der Waals surface area contributed by atoms with Crippen molar-refractivity contribution in [2.45, 2.75) is 90.4 Å². The molecule has 3 heterocycles. The van der Waals surface area contributed by atoms with Crippen LogP contribution in [0, 0.1) is 0 Å². The van der Waals surface area contributed by atoms with Gasteiger partial charge in [0.25, 0.3) is 0 Å². The molecule has 2 aromatic heterocycles. The van der Waals surface area contributed by atoms with Gasteiger partial charge in [-0.15, -0.1) is 0 Å². The van der Waals surface area contributed by atoms with E-state index in [1.165, 1.54) is 5.56 Å². The second-order valence-corrected chi connectivity index (χ2v) is 17.1. The Hall–Kier alpha value is -1.97. The van der Waals surface area contributed by atoms with Crippen LogP contribution in [0.4, 0.5) is 4.79 Å². The van der Waals surface area contributed by atoms with E-state index in [0.29, 0.717) is 38.6 Å². The lowest BCUT2D eigenvalue weighted by Gasteiger charge is -2.33. The van der Waals surface area contributed by atoms with Crippen molar-refractivity contribution >= 4 is 25.3 Å². The summed E-state index contributed by atoms with van der Waals surface area (Å²) in [4.78, 5) is 23.9. The Morgan fingerprint density at radius 1 is 1.24 bits per heavy atom. The molecule has 9 heteroatoms. The summed E-state index contributed by atoms with van der Waals surface area (Å²) >= 11 is 0. The van der Waals surface area contributed by atoms with Gasteiger partial charge in [0.2, 0.25) is 0 Å². The largest absolute Gasteiger partial charge is 0.444 e. The number of carbonyl (C=O) groups is 1. The molecule has 0 atom stereocenters. The van der Waals surface area contributed by atoms with Gasteiger partial charge < -0.3 is 24.0 Å². The molecule has 0 unspecified atom stereocenters. The highest BCUT2D eigenvalue weighted by Gasteiger charge is 2.29. The van der Waals surface area contributed by atoms with Crippen LogP contribution in [0.5, 0.6) is 0 Å². The molecule has 0 saturated carbocycles. The van der Waals surface area contributed by atoms with Crippen molar-refractivity contribution in [3.8, 4) is 0 Å². The summed E-state index contributed by atoms with van der Waals surface area (Å²) in [7, 11) is -1.15. The number of aliphatic hydroxyl groups is 1. The van der Waals surface area contributed by atoms with Crippen molar-refractivity contribution in [3.05, 3.63) is 23.7 Å². The zero-order chi connectivity index (χ0) is 24.9. The minimum atomic E-state index is -1.15. The Bertz CT molecular complexity index is 956. The van der Waals surface area contributed by atoms with E-state index in [2.05, 4.69) is 30.4 Å². The van der Waals surface area contributed by atoms with Gasteiger partial charge >= 0.3 is 6.09 Å². The van der Waals surface area contributed by atoms with Crippen molar-refractivity contribution in [2.75, 3.05) is 26.3 Å². The molecule has 1 aliphatic heterocycles. The number of fused-ring (bicyclic) bond motifs is 1. The van der Waals surface area contributed by atoms with Gasteiger partial charge in [0.15, 0.2) is 5.65 Å². The molecule has 2 aromatic rings. The second kappa shape index (κ2) is 11.2. The highest BCUT2D eigenvalue weighted by Crippen LogP contribution is 2.34. The zero-order valence-corrected chi connectivity index (χ0v) is 22.8. The fourth-order valence-corrected chi connectivity index (χ4v) is 4.89. The van der Waals surface area contributed by atoms with Gasteiger partial charge in [0, 0.05) is 46.1 Å². The first kappa shape index (κ1) is 26.6. The lowest BCUT2D eigenvalue weighted by molar-refractivity contribution is 0.0205. The Kier molecular flexibility index (Phi) is 8.75. The fourth-order valence-electron chi connectivity index (χ4n) is 4.13. The number of aliphatic hydroxyl groups excluding tert-OH is 1. The highest BCUT2D eigenvalue weighted by molar-refractivity contribution is 6.76. The number of carbonyl (C=O) groups excluding carboxylic acids is 1. The first-order valence-electron chi connectivity index (χ1n) is 12.5. The van der Waals surface area contributed by atoms with Crippen LogP contribution >= 0.6 is 0 Å². The van der Waals surface area contributed by atoms with E-state index >= 15 is 0 Å². The summed E-state index contributed by atoms with van der Waals surface area (Å²) in [6.45, 7) is 15.4. The van der Waals surface area contributed by atoms with E-state index in [1.54, 1.807) is 4.90 Å². The molecule has 0 bridgehead atoms. The molecule has 1 fully saturated rings. The maximum absolute atomic E-state index is 12.5. The van der Waals surface area contributed by atoms with Crippen molar-refractivity contribution < 1.29 is 19.4 Å². The number of aromatic nitrogens is 3. The van der Waals surface area contributed by atoms with E-state index in [1.807, 2.05) is 27.0 Å². The topological polar surface area (TPSA) is 89.7 Å². The SMILES string of the molecule is CC(C)(C)OC(=O)N1CCC(c2cn(COCC[Si](C)(C)C)c3ncc(CCCO)nc23)CC1. The Morgan fingerprint density at radius 2 is 1.94 bits per heavy atom. The van der Waals surface area contributed by atoms with Crippen LogP contribution in [0.25, 0.3) is 11.2 Å². The summed E-state index contributed by atoms with van der Waals surface area (Å²) in [6.07, 6.45) is 6.80. The van der Waals surface area contributed by atoms with E-state index in [9.17, 15) is 9.90 Å². The van der Waals surface area contributed by atoms with Crippen molar-refractivity contribution in [1.29, 1.82) is 0 Å². The first-order chi connectivity index (χ1) is 16.0. The van der Waals surface area contributed by atoms with Crippen molar-refractivity contribution in [1.82, 2.24) is 19.4 Å². The number of hydrogen-bond donors (Lipinski definition) is 1. The van der Waals surface area contributed by atoms with E-state index in [4.69, 9.17) is 19.4 Å². The highest BCUT2D eigenvalue weighted by atomic mass is 28.3. The lowest BCUT2D eigenvalue weighted by atomic mass is 9.91. The molecule has 1 aliphatic rings. The number of hydrogen-bond acceptors (Lipinski definition) is 6. The van der Waals surface area contributed by atoms with Gasteiger partial charge in [0.05, 0.1) is 11.9 Å². The quantitative estimate of drug-likeness (QED) is 0.402. The van der Waals surface area contributed by atoms with E-state index < -0.39 is 13.7 Å². The number of aryl methyl sites for hydroxylation is 1. The minimum absolute atomic E-state index is 0.141. The Morgan fingerprint density at radius 3 is 2.56 bits per heavy atom.